The third-order valence-electron chi connectivity index (χ3n) is 3.62. The molecule has 0 aliphatic heterocycles. The highest BCUT2D eigenvalue weighted by Crippen LogP contribution is 2.39. The standard InChI is InChI=1S/C18H8Cl2F4O2/c19-12-8-13(20)16(10-5-2-1-4-9(10)12)26-17(25)15-11(18(22,23)24)6-3-7-14(15)21/h1-8H. The van der Waals surface area contributed by atoms with E-state index in [-0.39, 0.29) is 15.8 Å². The van der Waals surface area contributed by atoms with Crippen molar-refractivity contribution >= 4 is 39.9 Å². The molecule has 0 spiro atoms. The maximum Gasteiger partial charge on any atom is 0.417 e. The van der Waals surface area contributed by atoms with Gasteiger partial charge in [-0.05, 0) is 18.2 Å². The molecular weight excluding hydrogens is 395 g/mol. The van der Waals surface area contributed by atoms with E-state index in [0.717, 1.165) is 12.1 Å². The molecule has 0 N–H and O–H groups in total. The van der Waals surface area contributed by atoms with E-state index in [4.69, 9.17) is 27.9 Å². The van der Waals surface area contributed by atoms with Gasteiger partial charge in [-0.1, -0.05) is 53.5 Å². The SMILES string of the molecule is O=C(Oc1c(Cl)cc(Cl)c2ccccc12)c1c(F)cccc1C(F)(F)F. The second kappa shape index (κ2) is 6.78. The minimum atomic E-state index is -4.93. The molecule has 2 nitrogen and oxygen atoms in total. The van der Waals surface area contributed by atoms with Crippen molar-refractivity contribution in [3.8, 4) is 5.75 Å². The minimum Gasteiger partial charge on any atom is -0.421 e. The number of halogens is 6. The molecule has 0 saturated heterocycles. The van der Waals surface area contributed by atoms with Gasteiger partial charge in [-0.15, -0.1) is 0 Å². The molecule has 0 atom stereocenters. The number of ether oxygens (including phenoxy) is 1. The largest absolute Gasteiger partial charge is 0.421 e. The Morgan fingerprint density at radius 2 is 1.58 bits per heavy atom. The number of esters is 1. The first-order chi connectivity index (χ1) is 12.2. The van der Waals surface area contributed by atoms with Gasteiger partial charge in [-0.2, -0.15) is 13.2 Å². The maximum atomic E-state index is 14.0. The topological polar surface area (TPSA) is 26.3 Å². The van der Waals surface area contributed by atoms with E-state index in [1.807, 2.05) is 0 Å². The van der Waals surface area contributed by atoms with Crippen LogP contribution in [0.15, 0.2) is 48.5 Å². The summed E-state index contributed by atoms with van der Waals surface area (Å²) in [6.07, 6.45) is -4.93. The number of fused-ring (bicyclic) bond motifs is 1. The Hall–Kier alpha value is -2.31. The van der Waals surface area contributed by atoms with Crippen molar-refractivity contribution in [2.45, 2.75) is 6.18 Å². The summed E-state index contributed by atoms with van der Waals surface area (Å²) in [7, 11) is 0. The zero-order valence-corrected chi connectivity index (χ0v) is 14.2. The third kappa shape index (κ3) is 3.34. The van der Waals surface area contributed by atoms with Crippen LogP contribution in [0.2, 0.25) is 10.0 Å². The third-order valence-corrected chi connectivity index (χ3v) is 4.21. The van der Waals surface area contributed by atoms with Crippen molar-refractivity contribution < 1.29 is 27.1 Å². The zero-order chi connectivity index (χ0) is 19.1. The molecule has 0 aliphatic carbocycles. The fourth-order valence-corrected chi connectivity index (χ4v) is 3.07. The van der Waals surface area contributed by atoms with E-state index < -0.39 is 29.1 Å². The molecule has 0 fully saturated rings. The summed E-state index contributed by atoms with van der Waals surface area (Å²) in [6, 6.07) is 9.93. The average Bonchev–Trinajstić information content (AvgIpc) is 2.57. The van der Waals surface area contributed by atoms with E-state index in [1.165, 1.54) is 12.1 Å². The monoisotopic (exact) mass is 402 g/mol. The highest BCUT2D eigenvalue weighted by molar-refractivity contribution is 6.40. The van der Waals surface area contributed by atoms with Gasteiger partial charge < -0.3 is 4.74 Å². The van der Waals surface area contributed by atoms with Crippen LogP contribution < -0.4 is 4.74 Å². The number of alkyl halides is 3. The first-order valence-corrected chi connectivity index (χ1v) is 7.90. The van der Waals surface area contributed by atoms with Gasteiger partial charge in [0.25, 0.3) is 0 Å². The van der Waals surface area contributed by atoms with Gasteiger partial charge in [0.2, 0.25) is 0 Å². The fourth-order valence-electron chi connectivity index (χ4n) is 2.49. The predicted octanol–water partition coefficient (Wildman–Crippen LogP) is 6.52. The fraction of sp³-hybridized carbons (Fsp3) is 0.0556. The zero-order valence-electron chi connectivity index (χ0n) is 12.7. The van der Waals surface area contributed by atoms with Crippen LogP contribution in [0.4, 0.5) is 17.6 Å². The molecule has 0 heterocycles. The lowest BCUT2D eigenvalue weighted by atomic mass is 10.1. The van der Waals surface area contributed by atoms with Crippen molar-refractivity contribution in [1.82, 2.24) is 0 Å². The lowest BCUT2D eigenvalue weighted by Gasteiger charge is -2.15. The van der Waals surface area contributed by atoms with Crippen molar-refractivity contribution in [1.29, 1.82) is 0 Å². The van der Waals surface area contributed by atoms with Gasteiger partial charge >= 0.3 is 12.1 Å². The highest BCUT2D eigenvalue weighted by Gasteiger charge is 2.37. The number of hydrogen-bond donors (Lipinski definition) is 0. The van der Waals surface area contributed by atoms with Crippen molar-refractivity contribution in [3.63, 3.8) is 0 Å². The lowest BCUT2D eigenvalue weighted by Crippen LogP contribution is -2.19. The summed E-state index contributed by atoms with van der Waals surface area (Å²) in [5.41, 5.74) is -2.65. The summed E-state index contributed by atoms with van der Waals surface area (Å²) in [4.78, 5) is 12.3. The van der Waals surface area contributed by atoms with Crippen LogP contribution in [0.25, 0.3) is 10.8 Å². The number of benzene rings is 3. The lowest BCUT2D eigenvalue weighted by molar-refractivity contribution is -0.138. The van der Waals surface area contributed by atoms with Crippen LogP contribution in [0, 0.1) is 5.82 Å². The summed E-state index contributed by atoms with van der Waals surface area (Å²) in [5, 5.41) is 0.966. The van der Waals surface area contributed by atoms with E-state index in [2.05, 4.69) is 0 Å². The Labute approximate surface area is 154 Å². The predicted molar refractivity (Wildman–Crippen MR) is 90.3 cm³/mol. The smallest absolute Gasteiger partial charge is 0.417 e. The second-order valence-electron chi connectivity index (χ2n) is 5.26. The molecule has 3 aromatic carbocycles. The normalized spacial score (nSPS) is 11.6. The number of carbonyl (C=O) groups excluding carboxylic acids is 1. The molecule has 0 radical (unpaired) electrons. The van der Waals surface area contributed by atoms with Gasteiger partial charge in [-0.25, -0.2) is 9.18 Å². The van der Waals surface area contributed by atoms with Crippen LogP contribution >= 0.6 is 23.2 Å². The first-order valence-electron chi connectivity index (χ1n) is 7.14. The first kappa shape index (κ1) is 18.5. The number of rotatable bonds is 2. The van der Waals surface area contributed by atoms with Crippen LogP contribution in [-0.2, 0) is 6.18 Å². The molecule has 3 rings (SSSR count). The average molecular weight is 403 g/mol. The van der Waals surface area contributed by atoms with Crippen LogP contribution in [0.1, 0.15) is 15.9 Å². The number of carbonyl (C=O) groups is 1. The highest BCUT2D eigenvalue weighted by atomic mass is 35.5. The molecule has 3 aromatic rings. The molecular formula is C18H8Cl2F4O2. The molecule has 0 bridgehead atoms. The Morgan fingerprint density at radius 1 is 0.923 bits per heavy atom. The second-order valence-corrected chi connectivity index (χ2v) is 6.08. The molecule has 0 aromatic heterocycles. The number of hydrogen-bond acceptors (Lipinski definition) is 2. The van der Waals surface area contributed by atoms with Crippen LogP contribution in [0.5, 0.6) is 5.75 Å². The minimum absolute atomic E-state index is 0.0908. The van der Waals surface area contributed by atoms with E-state index in [1.54, 1.807) is 18.2 Å². The molecule has 134 valence electrons. The molecule has 8 heteroatoms. The Kier molecular flexibility index (Phi) is 4.82. The van der Waals surface area contributed by atoms with E-state index in [0.29, 0.717) is 16.8 Å². The molecule has 0 amide bonds. The molecule has 26 heavy (non-hydrogen) atoms. The van der Waals surface area contributed by atoms with Gasteiger partial charge in [0, 0.05) is 10.8 Å². The summed E-state index contributed by atoms with van der Waals surface area (Å²) in [6.45, 7) is 0. The summed E-state index contributed by atoms with van der Waals surface area (Å²) < 4.78 is 58.3. The van der Waals surface area contributed by atoms with Crippen molar-refractivity contribution in [3.05, 3.63) is 75.5 Å². The molecule has 0 saturated carbocycles. The Balaban J connectivity index is 2.13. The van der Waals surface area contributed by atoms with Gasteiger partial charge in [0.05, 0.1) is 15.6 Å². The van der Waals surface area contributed by atoms with Gasteiger partial charge in [-0.3, -0.25) is 0 Å². The summed E-state index contributed by atoms with van der Waals surface area (Å²) in [5.74, 6) is -3.06. The van der Waals surface area contributed by atoms with Gasteiger partial charge in [0.1, 0.15) is 11.4 Å². The van der Waals surface area contributed by atoms with E-state index in [9.17, 15) is 22.4 Å². The van der Waals surface area contributed by atoms with Crippen LogP contribution in [0.3, 0.4) is 0 Å². The maximum absolute atomic E-state index is 14.0. The van der Waals surface area contributed by atoms with Gasteiger partial charge in [0.15, 0.2) is 5.75 Å². The molecule has 0 aliphatic rings. The molecule has 0 unspecified atom stereocenters. The summed E-state index contributed by atoms with van der Waals surface area (Å²) >= 11 is 12.1. The Morgan fingerprint density at radius 3 is 2.23 bits per heavy atom. The van der Waals surface area contributed by atoms with Crippen LogP contribution in [-0.4, -0.2) is 5.97 Å². The van der Waals surface area contributed by atoms with Crippen molar-refractivity contribution in [2.24, 2.45) is 0 Å². The van der Waals surface area contributed by atoms with Crippen molar-refractivity contribution in [2.75, 3.05) is 0 Å². The van der Waals surface area contributed by atoms with E-state index >= 15 is 0 Å². The Bertz CT molecular complexity index is 1020. The quantitative estimate of drug-likeness (QED) is 0.277.